The average Bonchev–Trinajstić information content (AvgIpc) is 3.00. The van der Waals surface area contributed by atoms with Gasteiger partial charge in [0.15, 0.2) is 0 Å². The summed E-state index contributed by atoms with van der Waals surface area (Å²) in [6, 6.07) is 6.74. The van der Waals surface area contributed by atoms with Crippen LogP contribution in [0, 0.1) is 11.2 Å². The second-order valence-electron chi connectivity index (χ2n) is 7.91. The predicted octanol–water partition coefficient (Wildman–Crippen LogP) is 3.22. The molecule has 0 spiro atoms. The van der Waals surface area contributed by atoms with Gasteiger partial charge in [0.05, 0.1) is 5.41 Å². The summed E-state index contributed by atoms with van der Waals surface area (Å²) in [6.07, 6.45) is 4.52. The molecule has 126 valence electrons. The maximum Gasteiger partial charge on any atom is 0.233 e. The summed E-state index contributed by atoms with van der Waals surface area (Å²) in [4.78, 5) is 15.4. The number of likely N-dealkylation sites (tertiary alicyclic amines) is 1. The van der Waals surface area contributed by atoms with Gasteiger partial charge in [-0.1, -0.05) is 38.8 Å². The molecule has 1 aliphatic heterocycles. The number of piperidine rings is 1. The normalized spacial score (nSPS) is 26.3. The molecule has 1 aliphatic carbocycles. The predicted molar refractivity (Wildman–Crippen MR) is 89.5 cm³/mol. The number of carbonyl (C=O) groups excluding carboxylic acids is 1. The fourth-order valence-electron chi connectivity index (χ4n) is 4.24. The van der Waals surface area contributed by atoms with E-state index in [0.717, 1.165) is 37.7 Å². The Morgan fingerprint density at radius 3 is 2.61 bits per heavy atom. The number of carbonyl (C=O) groups is 1. The van der Waals surface area contributed by atoms with Crippen molar-refractivity contribution in [3.05, 3.63) is 35.6 Å². The topological polar surface area (TPSA) is 46.3 Å². The lowest BCUT2D eigenvalue weighted by molar-refractivity contribution is -0.141. The SMILES string of the molecule is CC1(C)CN(C(=O)C2(c3cccc(F)c3)CCCC2)CCC1N. The van der Waals surface area contributed by atoms with Gasteiger partial charge in [0.2, 0.25) is 5.91 Å². The zero-order valence-corrected chi connectivity index (χ0v) is 14.1. The summed E-state index contributed by atoms with van der Waals surface area (Å²) in [7, 11) is 0. The monoisotopic (exact) mass is 318 g/mol. The van der Waals surface area contributed by atoms with Gasteiger partial charge >= 0.3 is 0 Å². The summed E-state index contributed by atoms with van der Waals surface area (Å²) >= 11 is 0. The number of nitrogens with zero attached hydrogens (tertiary/aromatic N) is 1. The van der Waals surface area contributed by atoms with E-state index in [-0.39, 0.29) is 23.2 Å². The Balaban J connectivity index is 1.91. The number of hydrogen-bond acceptors (Lipinski definition) is 2. The lowest BCUT2D eigenvalue weighted by Crippen LogP contribution is -2.57. The first kappa shape index (κ1) is 16.4. The van der Waals surface area contributed by atoms with Crippen molar-refractivity contribution in [2.75, 3.05) is 13.1 Å². The highest BCUT2D eigenvalue weighted by molar-refractivity contribution is 5.88. The zero-order valence-electron chi connectivity index (χ0n) is 14.1. The van der Waals surface area contributed by atoms with E-state index >= 15 is 0 Å². The summed E-state index contributed by atoms with van der Waals surface area (Å²) in [5, 5.41) is 0. The Kier molecular flexibility index (Phi) is 4.21. The minimum absolute atomic E-state index is 0.0738. The van der Waals surface area contributed by atoms with Crippen LogP contribution in [-0.4, -0.2) is 29.9 Å². The van der Waals surface area contributed by atoms with Gasteiger partial charge in [0, 0.05) is 19.1 Å². The van der Waals surface area contributed by atoms with E-state index in [1.165, 1.54) is 6.07 Å². The van der Waals surface area contributed by atoms with Gasteiger partial charge in [0.25, 0.3) is 0 Å². The summed E-state index contributed by atoms with van der Waals surface area (Å²) < 4.78 is 13.7. The fraction of sp³-hybridized carbons (Fsp3) is 0.632. The van der Waals surface area contributed by atoms with Gasteiger partial charge in [-0.3, -0.25) is 4.79 Å². The van der Waals surface area contributed by atoms with Crippen LogP contribution in [0.2, 0.25) is 0 Å². The van der Waals surface area contributed by atoms with Crippen LogP contribution in [-0.2, 0) is 10.2 Å². The maximum absolute atomic E-state index is 13.7. The quantitative estimate of drug-likeness (QED) is 0.910. The molecule has 1 aromatic rings. The standard InChI is InChI=1S/C19H27FN2O/c1-18(2)13-22(11-8-16(18)21)17(23)19(9-3-4-10-19)14-6-5-7-15(20)12-14/h5-7,12,16H,3-4,8-11,13,21H2,1-2H3. The second-order valence-corrected chi connectivity index (χ2v) is 7.91. The van der Waals surface area contributed by atoms with Crippen molar-refractivity contribution in [2.24, 2.45) is 11.1 Å². The van der Waals surface area contributed by atoms with Gasteiger partial charge in [-0.15, -0.1) is 0 Å². The zero-order chi connectivity index (χ0) is 16.7. The third-order valence-electron chi connectivity index (χ3n) is 5.84. The average molecular weight is 318 g/mol. The van der Waals surface area contributed by atoms with Crippen LogP contribution in [0.3, 0.4) is 0 Å². The molecule has 1 unspecified atom stereocenters. The molecular weight excluding hydrogens is 291 g/mol. The molecule has 3 nitrogen and oxygen atoms in total. The van der Waals surface area contributed by atoms with E-state index in [2.05, 4.69) is 13.8 Å². The number of nitrogens with two attached hydrogens (primary N) is 1. The number of rotatable bonds is 2. The number of hydrogen-bond donors (Lipinski definition) is 1. The van der Waals surface area contributed by atoms with E-state index in [1.54, 1.807) is 12.1 Å². The van der Waals surface area contributed by atoms with E-state index in [9.17, 15) is 9.18 Å². The largest absolute Gasteiger partial charge is 0.341 e. The highest BCUT2D eigenvalue weighted by Crippen LogP contribution is 2.44. The molecule has 0 radical (unpaired) electrons. The molecule has 0 aromatic heterocycles. The Labute approximate surface area is 138 Å². The molecule has 2 aliphatic rings. The Hall–Kier alpha value is -1.42. The van der Waals surface area contributed by atoms with Gasteiger partial charge < -0.3 is 10.6 Å². The van der Waals surface area contributed by atoms with Crippen molar-refractivity contribution in [1.82, 2.24) is 4.90 Å². The molecular formula is C19H27FN2O. The van der Waals surface area contributed by atoms with Crippen molar-refractivity contribution in [1.29, 1.82) is 0 Å². The number of benzene rings is 1. The first-order valence-electron chi connectivity index (χ1n) is 8.66. The van der Waals surface area contributed by atoms with E-state index in [4.69, 9.17) is 5.73 Å². The summed E-state index contributed by atoms with van der Waals surface area (Å²) in [6.45, 7) is 5.64. The number of halogens is 1. The van der Waals surface area contributed by atoms with Crippen LogP contribution in [0.15, 0.2) is 24.3 Å². The lowest BCUT2D eigenvalue weighted by Gasteiger charge is -2.45. The molecule has 0 bridgehead atoms. The third kappa shape index (κ3) is 2.89. The van der Waals surface area contributed by atoms with Crippen molar-refractivity contribution >= 4 is 5.91 Å². The lowest BCUT2D eigenvalue weighted by atomic mass is 9.75. The van der Waals surface area contributed by atoms with Crippen LogP contribution in [0.5, 0.6) is 0 Å². The first-order valence-corrected chi connectivity index (χ1v) is 8.66. The fourth-order valence-corrected chi connectivity index (χ4v) is 4.24. The highest BCUT2D eigenvalue weighted by atomic mass is 19.1. The van der Waals surface area contributed by atoms with Crippen LogP contribution >= 0.6 is 0 Å². The van der Waals surface area contributed by atoms with E-state index in [1.807, 2.05) is 11.0 Å². The van der Waals surface area contributed by atoms with Crippen molar-refractivity contribution in [3.63, 3.8) is 0 Å². The minimum atomic E-state index is -0.542. The Bertz CT molecular complexity index is 593. The van der Waals surface area contributed by atoms with Gasteiger partial charge in [-0.05, 0) is 42.4 Å². The van der Waals surface area contributed by atoms with Crippen LogP contribution in [0.4, 0.5) is 4.39 Å². The second kappa shape index (κ2) is 5.90. The molecule has 1 saturated heterocycles. The molecule has 1 atom stereocenters. The molecule has 1 aromatic carbocycles. The molecule has 1 heterocycles. The van der Waals surface area contributed by atoms with Crippen molar-refractivity contribution in [2.45, 2.75) is 57.4 Å². The van der Waals surface area contributed by atoms with Crippen molar-refractivity contribution in [3.8, 4) is 0 Å². The maximum atomic E-state index is 13.7. The van der Waals surface area contributed by atoms with Crippen LogP contribution < -0.4 is 5.73 Å². The van der Waals surface area contributed by atoms with Gasteiger partial charge in [-0.25, -0.2) is 4.39 Å². The third-order valence-corrected chi connectivity index (χ3v) is 5.84. The molecule has 3 rings (SSSR count). The molecule has 2 fully saturated rings. The van der Waals surface area contributed by atoms with Crippen molar-refractivity contribution < 1.29 is 9.18 Å². The molecule has 1 saturated carbocycles. The number of amides is 1. The van der Waals surface area contributed by atoms with Crippen LogP contribution in [0.25, 0.3) is 0 Å². The molecule has 1 amide bonds. The molecule has 4 heteroatoms. The molecule has 2 N–H and O–H groups in total. The Morgan fingerprint density at radius 2 is 2.00 bits per heavy atom. The minimum Gasteiger partial charge on any atom is -0.341 e. The Morgan fingerprint density at radius 1 is 1.30 bits per heavy atom. The van der Waals surface area contributed by atoms with E-state index in [0.29, 0.717) is 13.1 Å². The summed E-state index contributed by atoms with van der Waals surface area (Å²) in [5.41, 5.74) is 6.43. The highest BCUT2D eigenvalue weighted by Gasteiger charge is 2.47. The smallest absolute Gasteiger partial charge is 0.233 e. The van der Waals surface area contributed by atoms with Gasteiger partial charge in [0.1, 0.15) is 5.82 Å². The molecule has 23 heavy (non-hydrogen) atoms. The van der Waals surface area contributed by atoms with E-state index < -0.39 is 5.41 Å². The summed E-state index contributed by atoms with van der Waals surface area (Å²) in [5.74, 6) is -0.0943. The van der Waals surface area contributed by atoms with Crippen LogP contribution in [0.1, 0.15) is 51.5 Å². The van der Waals surface area contributed by atoms with Gasteiger partial charge in [-0.2, -0.15) is 0 Å². The first-order chi connectivity index (χ1) is 10.8.